The van der Waals surface area contributed by atoms with E-state index < -0.39 is 5.54 Å². The molecule has 0 radical (unpaired) electrons. The molecule has 6 heteroatoms. The minimum Gasteiger partial charge on any atom is -0.467 e. The van der Waals surface area contributed by atoms with Crippen LogP contribution in [0.2, 0.25) is 0 Å². The summed E-state index contributed by atoms with van der Waals surface area (Å²) in [6.45, 7) is 1.81. The van der Waals surface area contributed by atoms with E-state index in [2.05, 4.69) is 15.5 Å². The molecule has 6 nitrogen and oxygen atoms in total. The highest BCUT2D eigenvalue weighted by atomic mass is 16.5. The molecule has 1 aromatic rings. The molecule has 1 amide bonds. The zero-order chi connectivity index (χ0) is 13.2. The lowest BCUT2D eigenvalue weighted by molar-refractivity contribution is -0.148. The molecule has 1 fully saturated rings. The van der Waals surface area contributed by atoms with Crippen LogP contribution in [0.5, 0.6) is 0 Å². The Morgan fingerprint density at radius 3 is 2.61 bits per heavy atom. The van der Waals surface area contributed by atoms with Crippen molar-refractivity contribution in [3.05, 3.63) is 17.5 Å². The van der Waals surface area contributed by atoms with Crippen LogP contribution in [0.1, 0.15) is 41.9 Å². The fourth-order valence-corrected chi connectivity index (χ4v) is 2.37. The molecular formula is C12H17N3O3. The van der Waals surface area contributed by atoms with Crippen LogP contribution in [0.4, 0.5) is 0 Å². The third kappa shape index (κ3) is 2.23. The first-order valence-corrected chi connectivity index (χ1v) is 6.00. The number of hydrogen-bond acceptors (Lipinski definition) is 4. The average Bonchev–Trinajstić information content (AvgIpc) is 2.98. The van der Waals surface area contributed by atoms with Gasteiger partial charge in [0.2, 0.25) is 0 Å². The summed E-state index contributed by atoms with van der Waals surface area (Å²) in [5, 5.41) is 9.36. The predicted octanol–water partition coefficient (Wildman–Crippen LogP) is 0.934. The van der Waals surface area contributed by atoms with Crippen LogP contribution >= 0.6 is 0 Å². The number of esters is 1. The van der Waals surface area contributed by atoms with E-state index in [4.69, 9.17) is 4.74 Å². The maximum Gasteiger partial charge on any atom is 0.331 e. The van der Waals surface area contributed by atoms with Crippen LogP contribution in [-0.4, -0.2) is 34.7 Å². The van der Waals surface area contributed by atoms with Crippen molar-refractivity contribution < 1.29 is 14.3 Å². The minimum absolute atomic E-state index is 0.294. The summed E-state index contributed by atoms with van der Waals surface area (Å²) in [6, 6.07) is 1.65. The summed E-state index contributed by atoms with van der Waals surface area (Å²) in [7, 11) is 1.34. The zero-order valence-corrected chi connectivity index (χ0v) is 10.6. The molecule has 2 N–H and O–H groups in total. The van der Waals surface area contributed by atoms with Crippen LogP contribution in [0.25, 0.3) is 0 Å². The maximum absolute atomic E-state index is 12.0. The number of nitrogens with zero attached hydrogens (tertiary/aromatic N) is 1. The lowest BCUT2D eigenvalue weighted by Gasteiger charge is -2.26. The fraction of sp³-hybridized carbons (Fsp3) is 0.583. The Hall–Kier alpha value is -1.85. The van der Waals surface area contributed by atoms with Gasteiger partial charge < -0.3 is 10.1 Å². The summed E-state index contributed by atoms with van der Waals surface area (Å²) in [6.07, 6.45) is 3.06. The van der Waals surface area contributed by atoms with Gasteiger partial charge in [0.05, 0.1) is 7.11 Å². The normalized spacial score (nSPS) is 17.4. The van der Waals surface area contributed by atoms with E-state index in [0.29, 0.717) is 18.5 Å². The third-order valence-corrected chi connectivity index (χ3v) is 3.32. The largest absolute Gasteiger partial charge is 0.467 e. The Morgan fingerprint density at radius 1 is 1.44 bits per heavy atom. The van der Waals surface area contributed by atoms with Gasteiger partial charge in [-0.1, -0.05) is 12.8 Å². The van der Waals surface area contributed by atoms with Gasteiger partial charge in [-0.25, -0.2) is 4.79 Å². The molecule has 1 aliphatic rings. The highest BCUT2D eigenvalue weighted by molar-refractivity contribution is 5.96. The SMILES string of the molecule is COC(=O)C1(NC(=O)c2cc(C)[nH]n2)CCCC1. The average molecular weight is 251 g/mol. The lowest BCUT2D eigenvalue weighted by Crippen LogP contribution is -2.53. The molecule has 2 rings (SSSR count). The first kappa shape index (κ1) is 12.6. The van der Waals surface area contributed by atoms with E-state index in [1.54, 1.807) is 6.07 Å². The number of ether oxygens (including phenoxy) is 1. The van der Waals surface area contributed by atoms with Gasteiger partial charge in [-0.05, 0) is 25.8 Å². The van der Waals surface area contributed by atoms with Crippen LogP contribution in [0.15, 0.2) is 6.07 Å². The van der Waals surface area contributed by atoms with Gasteiger partial charge in [-0.2, -0.15) is 5.10 Å². The highest BCUT2D eigenvalue weighted by Crippen LogP contribution is 2.31. The van der Waals surface area contributed by atoms with E-state index in [9.17, 15) is 9.59 Å². The number of methoxy groups -OCH3 is 1. The maximum atomic E-state index is 12.0. The number of carbonyl (C=O) groups excluding carboxylic acids is 2. The molecule has 1 heterocycles. The molecule has 0 atom stereocenters. The number of amides is 1. The number of hydrogen-bond donors (Lipinski definition) is 2. The van der Waals surface area contributed by atoms with E-state index in [1.165, 1.54) is 7.11 Å². The molecule has 98 valence electrons. The van der Waals surface area contributed by atoms with Gasteiger partial charge in [0, 0.05) is 5.69 Å². The molecular weight excluding hydrogens is 234 g/mol. The molecule has 1 saturated carbocycles. The van der Waals surface area contributed by atoms with Gasteiger partial charge in [0.25, 0.3) is 5.91 Å². The van der Waals surface area contributed by atoms with Crippen molar-refractivity contribution in [2.24, 2.45) is 0 Å². The number of rotatable bonds is 3. The van der Waals surface area contributed by atoms with Gasteiger partial charge in [0.15, 0.2) is 0 Å². The van der Waals surface area contributed by atoms with Gasteiger partial charge in [-0.15, -0.1) is 0 Å². The first-order chi connectivity index (χ1) is 8.57. The standard InChI is InChI=1S/C12H17N3O3/c1-8-7-9(15-14-8)10(16)13-12(11(17)18-2)5-3-4-6-12/h7H,3-6H2,1-2H3,(H,13,16)(H,14,15). The van der Waals surface area contributed by atoms with Gasteiger partial charge in [0.1, 0.15) is 11.2 Å². The number of aromatic nitrogens is 2. The number of aryl methyl sites for hydroxylation is 1. The molecule has 0 saturated heterocycles. The molecule has 0 spiro atoms. The molecule has 0 bridgehead atoms. The molecule has 0 unspecified atom stereocenters. The van der Waals surface area contributed by atoms with Crippen molar-refractivity contribution in [1.82, 2.24) is 15.5 Å². The molecule has 0 aromatic carbocycles. The number of aromatic amines is 1. The zero-order valence-electron chi connectivity index (χ0n) is 10.6. The number of nitrogens with one attached hydrogen (secondary N) is 2. The van der Waals surface area contributed by atoms with Crippen molar-refractivity contribution in [3.8, 4) is 0 Å². The molecule has 18 heavy (non-hydrogen) atoms. The summed E-state index contributed by atoms with van der Waals surface area (Å²) in [5.41, 5.74) is 0.222. The third-order valence-electron chi connectivity index (χ3n) is 3.32. The molecule has 1 aliphatic carbocycles. The quantitative estimate of drug-likeness (QED) is 0.783. The van der Waals surface area contributed by atoms with Crippen molar-refractivity contribution in [1.29, 1.82) is 0 Å². The highest BCUT2D eigenvalue weighted by Gasteiger charge is 2.43. The van der Waals surface area contributed by atoms with Crippen molar-refractivity contribution in [2.45, 2.75) is 38.1 Å². The number of carbonyl (C=O) groups is 2. The Balaban J connectivity index is 2.15. The Kier molecular flexibility index (Phi) is 3.36. The van der Waals surface area contributed by atoms with Crippen molar-refractivity contribution in [2.75, 3.05) is 7.11 Å². The van der Waals surface area contributed by atoms with Crippen LogP contribution in [0, 0.1) is 6.92 Å². The van der Waals surface area contributed by atoms with Crippen molar-refractivity contribution in [3.63, 3.8) is 0 Å². The lowest BCUT2D eigenvalue weighted by atomic mass is 9.97. The van der Waals surface area contributed by atoms with E-state index in [-0.39, 0.29) is 11.9 Å². The Morgan fingerprint density at radius 2 is 2.11 bits per heavy atom. The molecule has 0 aliphatic heterocycles. The Bertz CT molecular complexity index is 461. The van der Waals surface area contributed by atoms with Gasteiger partial charge in [-0.3, -0.25) is 9.89 Å². The fourth-order valence-electron chi connectivity index (χ4n) is 2.37. The second kappa shape index (κ2) is 4.80. The monoisotopic (exact) mass is 251 g/mol. The predicted molar refractivity (Wildman–Crippen MR) is 64.0 cm³/mol. The Labute approximate surface area is 105 Å². The van der Waals surface area contributed by atoms with Crippen molar-refractivity contribution >= 4 is 11.9 Å². The summed E-state index contributed by atoms with van der Waals surface area (Å²) >= 11 is 0. The van der Waals surface area contributed by atoms with E-state index >= 15 is 0 Å². The van der Waals surface area contributed by atoms with E-state index in [0.717, 1.165) is 18.5 Å². The second-order valence-electron chi connectivity index (χ2n) is 4.67. The first-order valence-electron chi connectivity index (χ1n) is 6.00. The van der Waals surface area contributed by atoms with Crippen LogP contribution < -0.4 is 5.32 Å². The topological polar surface area (TPSA) is 84.1 Å². The minimum atomic E-state index is -0.876. The van der Waals surface area contributed by atoms with Crippen LogP contribution in [-0.2, 0) is 9.53 Å². The number of H-pyrrole nitrogens is 1. The van der Waals surface area contributed by atoms with Gasteiger partial charge >= 0.3 is 5.97 Å². The summed E-state index contributed by atoms with van der Waals surface area (Å²) < 4.78 is 4.80. The molecule has 1 aromatic heterocycles. The summed E-state index contributed by atoms with van der Waals surface area (Å²) in [5.74, 6) is -0.716. The smallest absolute Gasteiger partial charge is 0.331 e. The van der Waals surface area contributed by atoms with Crippen LogP contribution in [0.3, 0.4) is 0 Å². The summed E-state index contributed by atoms with van der Waals surface area (Å²) in [4.78, 5) is 23.9. The second-order valence-corrected chi connectivity index (χ2v) is 4.67. The van der Waals surface area contributed by atoms with E-state index in [1.807, 2.05) is 6.92 Å².